The Morgan fingerprint density at radius 2 is 2.08 bits per heavy atom. The molecule has 0 spiro atoms. The lowest BCUT2D eigenvalue weighted by Gasteiger charge is -2.32. The summed E-state index contributed by atoms with van der Waals surface area (Å²) < 4.78 is -0.881. The normalized spacial score (nSPS) is 17.2. The average Bonchev–Trinajstić information content (AvgIpc) is 2.04. The standard InChI is InChI=1S/C7H12IN3O/c1-6(2,5-10)7(8,12-11)3-4-9/h3-4H,9,11H2,1-2H3/b4-3+. The summed E-state index contributed by atoms with van der Waals surface area (Å²) >= 11 is 1.95. The Bertz CT molecular complexity index is 221. The number of rotatable bonds is 3. The minimum absolute atomic E-state index is 0.724. The van der Waals surface area contributed by atoms with Crippen molar-refractivity contribution in [2.45, 2.75) is 17.5 Å². The Kier molecular flexibility index (Phi) is 3.96. The third-order valence-corrected chi connectivity index (χ3v) is 3.58. The molecule has 4 nitrogen and oxygen atoms in total. The van der Waals surface area contributed by atoms with Crippen molar-refractivity contribution in [2.24, 2.45) is 17.0 Å². The van der Waals surface area contributed by atoms with Gasteiger partial charge in [-0.25, -0.2) is 5.90 Å². The summed E-state index contributed by atoms with van der Waals surface area (Å²) in [7, 11) is 0. The second-order valence-corrected chi connectivity index (χ2v) is 4.46. The summed E-state index contributed by atoms with van der Waals surface area (Å²) in [4.78, 5) is 4.73. The lowest BCUT2D eigenvalue weighted by Crippen LogP contribution is -2.41. The van der Waals surface area contributed by atoms with Crippen LogP contribution in [0.5, 0.6) is 0 Å². The number of halogens is 1. The number of nitrogens with two attached hydrogens (primary N) is 2. The monoisotopic (exact) mass is 281 g/mol. The Hall–Kier alpha value is -0.320. The molecule has 4 N–H and O–H groups in total. The highest BCUT2D eigenvalue weighted by Crippen LogP contribution is 2.39. The molecule has 0 rings (SSSR count). The van der Waals surface area contributed by atoms with Crippen LogP contribution < -0.4 is 11.6 Å². The van der Waals surface area contributed by atoms with Crippen molar-refractivity contribution >= 4 is 22.6 Å². The van der Waals surface area contributed by atoms with Crippen molar-refractivity contribution in [1.29, 1.82) is 5.26 Å². The first kappa shape index (κ1) is 11.7. The summed E-state index contributed by atoms with van der Waals surface area (Å²) in [5.41, 5.74) is 4.49. The fourth-order valence-corrected chi connectivity index (χ4v) is 0.923. The van der Waals surface area contributed by atoms with Crippen molar-refractivity contribution < 1.29 is 4.84 Å². The second kappa shape index (κ2) is 4.07. The summed E-state index contributed by atoms with van der Waals surface area (Å²) in [6.07, 6.45) is 2.87. The van der Waals surface area contributed by atoms with Crippen LogP contribution in [0.4, 0.5) is 0 Å². The van der Waals surface area contributed by atoms with Crippen LogP contribution >= 0.6 is 22.6 Å². The maximum atomic E-state index is 8.82. The Morgan fingerprint density at radius 3 is 2.33 bits per heavy atom. The van der Waals surface area contributed by atoms with Gasteiger partial charge in [-0.2, -0.15) is 5.26 Å². The van der Waals surface area contributed by atoms with Crippen molar-refractivity contribution in [3.8, 4) is 6.07 Å². The quantitative estimate of drug-likeness (QED) is 0.459. The van der Waals surface area contributed by atoms with E-state index in [0.29, 0.717) is 0 Å². The van der Waals surface area contributed by atoms with Gasteiger partial charge in [-0.1, -0.05) is 0 Å². The molecule has 0 saturated heterocycles. The molecular formula is C7H12IN3O. The zero-order valence-electron chi connectivity index (χ0n) is 7.04. The van der Waals surface area contributed by atoms with Crippen molar-refractivity contribution in [3.63, 3.8) is 0 Å². The number of nitrogens with zero attached hydrogens (tertiary/aromatic N) is 1. The molecule has 68 valence electrons. The number of nitriles is 1. The van der Waals surface area contributed by atoms with Gasteiger partial charge in [0.25, 0.3) is 0 Å². The Morgan fingerprint density at radius 1 is 1.58 bits per heavy atom. The SMILES string of the molecule is CC(C)(C#N)C(I)(/C=C/N)ON. The van der Waals surface area contributed by atoms with Gasteiger partial charge in [-0.05, 0) is 48.7 Å². The first-order chi connectivity index (χ1) is 5.43. The number of hydrogen-bond acceptors (Lipinski definition) is 4. The van der Waals surface area contributed by atoms with E-state index in [1.54, 1.807) is 19.9 Å². The third kappa shape index (κ3) is 2.09. The molecule has 12 heavy (non-hydrogen) atoms. The van der Waals surface area contributed by atoms with Crippen LogP contribution in [0.15, 0.2) is 12.3 Å². The van der Waals surface area contributed by atoms with E-state index in [-0.39, 0.29) is 0 Å². The maximum Gasteiger partial charge on any atom is 0.177 e. The van der Waals surface area contributed by atoms with E-state index in [9.17, 15) is 0 Å². The molecule has 0 radical (unpaired) electrons. The fourth-order valence-electron chi connectivity index (χ4n) is 0.595. The van der Waals surface area contributed by atoms with Gasteiger partial charge in [0.15, 0.2) is 3.61 Å². The van der Waals surface area contributed by atoms with Crippen LogP contribution in [0.2, 0.25) is 0 Å². The summed E-state index contributed by atoms with van der Waals surface area (Å²) in [5, 5.41) is 8.82. The molecule has 0 aromatic rings. The predicted octanol–water partition coefficient (Wildman–Crippen LogP) is 1.03. The maximum absolute atomic E-state index is 8.82. The number of alkyl halides is 1. The van der Waals surface area contributed by atoms with E-state index >= 15 is 0 Å². The fraction of sp³-hybridized carbons (Fsp3) is 0.571. The van der Waals surface area contributed by atoms with Gasteiger partial charge >= 0.3 is 0 Å². The molecule has 0 saturated carbocycles. The van der Waals surface area contributed by atoms with E-state index in [4.69, 9.17) is 21.7 Å². The molecular weight excluding hydrogens is 269 g/mol. The van der Waals surface area contributed by atoms with Crippen LogP contribution in [-0.2, 0) is 4.84 Å². The van der Waals surface area contributed by atoms with Gasteiger partial charge in [-0.3, -0.25) is 4.84 Å². The largest absolute Gasteiger partial charge is 0.405 e. The zero-order valence-corrected chi connectivity index (χ0v) is 9.20. The molecule has 0 amide bonds. The molecule has 0 heterocycles. The average molecular weight is 281 g/mol. The van der Waals surface area contributed by atoms with Crippen LogP contribution in [0.3, 0.4) is 0 Å². The highest BCUT2D eigenvalue weighted by atomic mass is 127. The van der Waals surface area contributed by atoms with Gasteiger partial charge in [0.05, 0.1) is 11.5 Å². The molecule has 1 unspecified atom stereocenters. The second-order valence-electron chi connectivity index (χ2n) is 2.86. The van der Waals surface area contributed by atoms with Gasteiger partial charge < -0.3 is 5.73 Å². The van der Waals surface area contributed by atoms with Crippen LogP contribution in [-0.4, -0.2) is 3.61 Å². The first-order valence-electron chi connectivity index (χ1n) is 3.31. The van der Waals surface area contributed by atoms with Crippen LogP contribution in [0.25, 0.3) is 0 Å². The lowest BCUT2D eigenvalue weighted by molar-refractivity contribution is 0.0157. The van der Waals surface area contributed by atoms with Crippen molar-refractivity contribution in [3.05, 3.63) is 12.3 Å². The highest BCUT2D eigenvalue weighted by Gasteiger charge is 2.42. The molecule has 0 aliphatic rings. The highest BCUT2D eigenvalue weighted by molar-refractivity contribution is 14.1. The van der Waals surface area contributed by atoms with E-state index in [2.05, 4.69) is 6.07 Å². The lowest BCUT2D eigenvalue weighted by atomic mass is 9.88. The molecule has 1 atom stereocenters. The number of hydrogen-bond donors (Lipinski definition) is 2. The van der Waals surface area contributed by atoms with Crippen molar-refractivity contribution in [2.75, 3.05) is 0 Å². The zero-order chi connectivity index (χ0) is 9.83. The van der Waals surface area contributed by atoms with Gasteiger partial charge in [0.2, 0.25) is 0 Å². The van der Waals surface area contributed by atoms with Gasteiger partial charge in [0.1, 0.15) is 0 Å². The molecule has 0 fully saturated rings. The molecule has 0 aromatic carbocycles. The summed E-state index contributed by atoms with van der Waals surface area (Å²) in [6.45, 7) is 3.46. The molecule has 0 aromatic heterocycles. The smallest absolute Gasteiger partial charge is 0.177 e. The van der Waals surface area contributed by atoms with E-state index in [1.807, 2.05) is 22.6 Å². The minimum atomic E-state index is -0.881. The van der Waals surface area contributed by atoms with Crippen LogP contribution in [0, 0.1) is 16.7 Å². The molecule has 0 aliphatic carbocycles. The van der Waals surface area contributed by atoms with E-state index in [1.165, 1.54) is 6.20 Å². The summed E-state index contributed by atoms with van der Waals surface area (Å²) in [5.74, 6) is 5.09. The van der Waals surface area contributed by atoms with Gasteiger partial charge in [0, 0.05) is 0 Å². The predicted molar refractivity (Wildman–Crippen MR) is 54.7 cm³/mol. The van der Waals surface area contributed by atoms with Crippen molar-refractivity contribution in [1.82, 2.24) is 0 Å². The van der Waals surface area contributed by atoms with E-state index < -0.39 is 9.02 Å². The Labute approximate surface area is 85.6 Å². The molecule has 5 heteroatoms. The minimum Gasteiger partial charge on any atom is -0.405 e. The first-order valence-corrected chi connectivity index (χ1v) is 4.39. The third-order valence-electron chi connectivity index (χ3n) is 1.61. The topological polar surface area (TPSA) is 85.1 Å². The summed E-state index contributed by atoms with van der Waals surface area (Å²) in [6, 6.07) is 2.10. The molecule has 0 bridgehead atoms. The van der Waals surface area contributed by atoms with E-state index in [0.717, 1.165) is 0 Å². The van der Waals surface area contributed by atoms with Gasteiger partial charge in [-0.15, -0.1) is 0 Å². The van der Waals surface area contributed by atoms with Crippen LogP contribution in [0.1, 0.15) is 13.8 Å². The Balaban J connectivity index is 4.89. The molecule has 0 aliphatic heterocycles.